The van der Waals surface area contributed by atoms with Crippen LogP contribution in [0.1, 0.15) is 29.8 Å². The van der Waals surface area contributed by atoms with Crippen LogP contribution in [-0.4, -0.2) is 27.9 Å². The largest absolute Gasteiger partial charge is 0.449 e. The van der Waals surface area contributed by atoms with Crippen LogP contribution in [-0.2, 0) is 20.3 Å². The summed E-state index contributed by atoms with van der Waals surface area (Å²) in [5, 5.41) is 3.23. The molecule has 0 unspecified atom stereocenters. The summed E-state index contributed by atoms with van der Waals surface area (Å²) in [5.41, 5.74) is 1.48. The molecule has 1 amide bonds. The number of nitrogens with one attached hydrogen (secondary N) is 1. The van der Waals surface area contributed by atoms with E-state index in [4.69, 9.17) is 16.3 Å². The monoisotopic (exact) mass is 393 g/mol. The highest BCUT2D eigenvalue weighted by Crippen LogP contribution is 2.23. The smallest absolute Gasteiger partial charge is 0.340 e. The van der Waals surface area contributed by atoms with E-state index in [1.807, 2.05) is 0 Å². The average molecular weight is 394 g/mol. The lowest BCUT2D eigenvalue weighted by atomic mass is 10.2. The van der Waals surface area contributed by atoms with Gasteiger partial charge >= 0.3 is 5.97 Å². The number of halogens is 1. The molecule has 0 spiro atoms. The van der Waals surface area contributed by atoms with Crippen LogP contribution in [0.25, 0.3) is 0 Å². The fourth-order valence-corrected chi connectivity index (χ4v) is 3.36. The standard InChI is InChI=1S/C19H20ClNO4S/c1-4-26(24)17-11-6-5-8-14(17)19(23)25-13(3)18(22)21-16-10-7-9-15(20)12(16)2/h5-11,13H,4H2,1-3H3,(H,21,22)/t13-,26-/m1/s1. The van der Waals surface area contributed by atoms with E-state index in [9.17, 15) is 13.8 Å². The molecule has 1 N–H and O–H groups in total. The van der Waals surface area contributed by atoms with Gasteiger partial charge in [0.2, 0.25) is 0 Å². The number of hydrogen-bond acceptors (Lipinski definition) is 4. The summed E-state index contributed by atoms with van der Waals surface area (Å²) in [5.74, 6) is -0.778. The van der Waals surface area contributed by atoms with Crippen LogP contribution >= 0.6 is 11.6 Å². The summed E-state index contributed by atoms with van der Waals surface area (Å²) in [4.78, 5) is 25.1. The molecule has 138 valence electrons. The number of carbonyl (C=O) groups is 2. The van der Waals surface area contributed by atoms with Gasteiger partial charge in [-0.1, -0.05) is 36.7 Å². The molecule has 0 aliphatic rings. The third kappa shape index (κ3) is 4.71. The molecule has 2 aromatic carbocycles. The average Bonchev–Trinajstić information content (AvgIpc) is 2.64. The quantitative estimate of drug-likeness (QED) is 0.754. The van der Waals surface area contributed by atoms with Crippen LogP contribution in [0, 0.1) is 6.92 Å². The molecule has 0 bridgehead atoms. The van der Waals surface area contributed by atoms with E-state index < -0.39 is 28.8 Å². The summed E-state index contributed by atoms with van der Waals surface area (Å²) in [6.45, 7) is 5.03. The van der Waals surface area contributed by atoms with Crippen molar-refractivity contribution in [3.63, 3.8) is 0 Å². The van der Waals surface area contributed by atoms with Gasteiger partial charge in [-0.25, -0.2) is 4.79 Å². The molecule has 2 rings (SSSR count). The number of benzene rings is 2. The first-order chi connectivity index (χ1) is 12.3. The number of hydrogen-bond donors (Lipinski definition) is 1. The van der Waals surface area contributed by atoms with Gasteiger partial charge in [0.25, 0.3) is 5.91 Å². The molecular formula is C19H20ClNO4S. The van der Waals surface area contributed by atoms with Crippen LogP contribution in [0.2, 0.25) is 5.02 Å². The van der Waals surface area contributed by atoms with E-state index in [0.717, 1.165) is 5.56 Å². The zero-order chi connectivity index (χ0) is 19.3. The Morgan fingerprint density at radius 1 is 1.19 bits per heavy atom. The molecule has 0 fully saturated rings. The lowest BCUT2D eigenvalue weighted by Crippen LogP contribution is -2.30. The van der Waals surface area contributed by atoms with Crippen molar-refractivity contribution in [3.8, 4) is 0 Å². The summed E-state index contributed by atoms with van der Waals surface area (Å²) in [6.07, 6.45) is -1.02. The van der Waals surface area contributed by atoms with E-state index in [0.29, 0.717) is 21.4 Å². The molecule has 2 atom stereocenters. The zero-order valence-electron chi connectivity index (χ0n) is 14.7. The third-order valence-electron chi connectivity index (χ3n) is 3.79. The second-order valence-corrected chi connectivity index (χ2v) is 7.69. The first-order valence-corrected chi connectivity index (χ1v) is 9.79. The molecule has 0 aliphatic heterocycles. The number of carbonyl (C=O) groups excluding carboxylic acids is 2. The number of anilines is 1. The Balaban J connectivity index is 2.11. The van der Waals surface area contributed by atoms with Crippen molar-refractivity contribution >= 4 is 40.0 Å². The van der Waals surface area contributed by atoms with Crippen molar-refractivity contribution in [2.24, 2.45) is 0 Å². The molecule has 0 heterocycles. The minimum absolute atomic E-state index is 0.200. The maximum absolute atomic E-state index is 12.4. The van der Waals surface area contributed by atoms with Gasteiger partial charge in [0.15, 0.2) is 6.10 Å². The van der Waals surface area contributed by atoms with Crippen molar-refractivity contribution in [1.82, 2.24) is 0 Å². The first kappa shape index (κ1) is 20.1. The van der Waals surface area contributed by atoms with Crippen LogP contribution < -0.4 is 5.32 Å². The first-order valence-electron chi connectivity index (χ1n) is 8.09. The van der Waals surface area contributed by atoms with Crippen LogP contribution in [0.5, 0.6) is 0 Å². The maximum atomic E-state index is 12.4. The predicted molar refractivity (Wildman–Crippen MR) is 103 cm³/mol. The lowest BCUT2D eigenvalue weighted by molar-refractivity contribution is -0.123. The molecule has 2 aromatic rings. The summed E-state index contributed by atoms with van der Waals surface area (Å²) in [6, 6.07) is 11.7. The van der Waals surface area contributed by atoms with Gasteiger partial charge < -0.3 is 10.1 Å². The fraction of sp³-hybridized carbons (Fsp3) is 0.263. The highest BCUT2D eigenvalue weighted by Gasteiger charge is 2.22. The highest BCUT2D eigenvalue weighted by atomic mass is 35.5. The SMILES string of the molecule is CC[S@@](=O)c1ccccc1C(=O)O[C@H](C)C(=O)Nc1cccc(Cl)c1C. The normalized spacial score (nSPS) is 12.9. The second-order valence-electron chi connectivity index (χ2n) is 5.58. The third-order valence-corrected chi connectivity index (χ3v) is 5.57. The van der Waals surface area contributed by atoms with E-state index in [-0.39, 0.29) is 5.56 Å². The highest BCUT2D eigenvalue weighted by molar-refractivity contribution is 7.85. The van der Waals surface area contributed by atoms with Crippen molar-refractivity contribution in [2.45, 2.75) is 31.8 Å². The van der Waals surface area contributed by atoms with Gasteiger partial charge in [-0.15, -0.1) is 0 Å². The van der Waals surface area contributed by atoms with Crippen LogP contribution in [0.4, 0.5) is 5.69 Å². The molecule has 0 saturated carbocycles. The fourth-order valence-electron chi connectivity index (χ4n) is 2.24. The molecule has 26 heavy (non-hydrogen) atoms. The van der Waals surface area contributed by atoms with E-state index in [2.05, 4.69) is 5.32 Å². The Hall–Kier alpha value is -2.18. The van der Waals surface area contributed by atoms with Crippen molar-refractivity contribution in [3.05, 3.63) is 58.6 Å². The van der Waals surface area contributed by atoms with Crippen molar-refractivity contribution in [2.75, 3.05) is 11.1 Å². The Labute approximate surface area is 160 Å². The Kier molecular flexibility index (Phi) is 6.94. The maximum Gasteiger partial charge on any atom is 0.340 e. The predicted octanol–water partition coefficient (Wildman–Crippen LogP) is 3.96. The number of amides is 1. The molecule has 0 aliphatic carbocycles. The summed E-state index contributed by atoms with van der Waals surface area (Å²) < 4.78 is 17.3. The zero-order valence-corrected chi connectivity index (χ0v) is 16.3. The van der Waals surface area contributed by atoms with Gasteiger partial charge in [0.1, 0.15) is 0 Å². The minimum Gasteiger partial charge on any atom is -0.449 e. The van der Waals surface area contributed by atoms with Gasteiger partial charge in [-0.05, 0) is 43.7 Å². The number of esters is 1. The van der Waals surface area contributed by atoms with Crippen LogP contribution in [0.3, 0.4) is 0 Å². The lowest BCUT2D eigenvalue weighted by Gasteiger charge is -2.16. The molecule has 0 radical (unpaired) electrons. The van der Waals surface area contributed by atoms with Gasteiger partial charge in [0.05, 0.1) is 21.3 Å². The minimum atomic E-state index is -1.30. The summed E-state index contributed by atoms with van der Waals surface area (Å²) in [7, 11) is -1.30. The van der Waals surface area contributed by atoms with Gasteiger partial charge in [0, 0.05) is 16.5 Å². The van der Waals surface area contributed by atoms with Crippen molar-refractivity contribution in [1.29, 1.82) is 0 Å². The molecule has 0 aromatic heterocycles. The molecule has 5 nitrogen and oxygen atoms in total. The van der Waals surface area contributed by atoms with E-state index in [1.165, 1.54) is 13.0 Å². The van der Waals surface area contributed by atoms with E-state index >= 15 is 0 Å². The van der Waals surface area contributed by atoms with E-state index in [1.54, 1.807) is 50.2 Å². The molecular weight excluding hydrogens is 374 g/mol. The van der Waals surface area contributed by atoms with Crippen molar-refractivity contribution < 1.29 is 18.5 Å². The van der Waals surface area contributed by atoms with Crippen LogP contribution in [0.15, 0.2) is 47.4 Å². The molecule has 0 saturated heterocycles. The van der Waals surface area contributed by atoms with Gasteiger partial charge in [-0.3, -0.25) is 9.00 Å². The Bertz CT molecular complexity index is 853. The topological polar surface area (TPSA) is 72.5 Å². The Morgan fingerprint density at radius 3 is 2.58 bits per heavy atom. The molecule has 7 heteroatoms. The summed E-state index contributed by atoms with van der Waals surface area (Å²) >= 11 is 6.04. The number of rotatable bonds is 6. The Morgan fingerprint density at radius 2 is 1.88 bits per heavy atom. The van der Waals surface area contributed by atoms with Gasteiger partial charge in [-0.2, -0.15) is 0 Å². The number of ether oxygens (including phenoxy) is 1. The second kappa shape index (κ2) is 8.96.